The number of rotatable bonds is 7. The van der Waals surface area contributed by atoms with E-state index < -0.39 is 32.2 Å². The van der Waals surface area contributed by atoms with Crippen LogP contribution in [0.25, 0.3) is 0 Å². The topological polar surface area (TPSA) is 85.4 Å². The summed E-state index contributed by atoms with van der Waals surface area (Å²) in [5.74, 6) is -0.918. The van der Waals surface area contributed by atoms with Crippen LogP contribution in [0.2, 0.25) is 13.1 Å². The van der Waals surface area contributed by atoms with Crippen LogP contribution in [0, 0.1) is 17.3 Å². The highest BCUT2D eigenvalue weighted by atomic mass is 28.3. The Morgan fingerprint density at radius 3 is 2.27 bits per heavy atom. The molecule has 3 unspecified atom stereocenters. The van der Waals surface area contributed by atoms with Gasteiger partial charge in [-0.15, -0.1) is 0 Å². The quantitative estimate of drug-likeness (QED) is 0.305. The third-order valence-corrected chi connectivity index (χ3v) is 7.13. The zero-order valence-electron chi connectivity index (χ0n) is 22.0. The fraction of sp³-hybridized carbons (Fsp3) is 0.875. The van der Waals surface area contributed by atoms with Crippen LogP contribution in [0.5, 0.6) is 0 Å². The third-order valence-electron chi connectivity index (χ3n) is 6.45. The van der Waals surface area contributed by atoms with Gasteiger partial charge >= 0.3 is 12.1 Å². The monoisotopic (exact) mass is 484 g/mol. The van der Waals surface area contributed by atoms with Gasteiger partial charge in [-0.25, -0.2) is 14.5 Å². The summed E-state index contributed by atoms with van der Waals surface area (Å²) >= 11 is 0. The van der Waals surface area contributed by atoms with E-state index in [4.69, 9.17) is 14.0 Å². The molecule has 0 aromatic carbocycles. The van der Waals surface area contributed by atoms with Crippen LogP contribution in [0.4, 0.5) is 4.79 Å². The fourth-order valence-corrected chi connectivity index (χ4v) is 5.34. The lowest BCUT2D eigenvalue weighted by molar-refractivity contribution is -0.190. The summed E-state index contributed by atoms with van der Waals surface area (Å²) in [6.45, 7) is 19.0. The fourth-order valence-electron chi connectivity index (χ4n) is 4.55. The molecule has 0 bridgehead atoms. The van der Waals surface area contributed by atoms with Crippen molar-refractivity contribution in [1.29, 1.82) is 0 Å². The first-order chi connectivity index (χ1) is 15.1. The number of carbonyl (C=O) groups is 3. The smallest absolute Gasteiger partial charge is 0.417 e. The van der Waals surface area contributed by atoms with Crippen LogP contribution in [0.15, 0.2) is 0 Å². The predicted octanol–water partition coefficient (Wildman–Crippen LogP) is 4.14. The minimum absolute atomic E-state index is 0.0565. The zero-order chi connectivity index (χ0) is 25.2. The highest BCUT2D eigenvalue weighted by Gasteiger charge is 2.62. The molecule has 0 saturated carbocycles. The van der Waals surface area contributed by atoms with E-state index in [1.807, 2.05) is 12.0 Å². The molecule has 33 heavy (non-hydrogen) atoms. The van der Waals surface area contributed by atoms with E-state index in [1.165, 1.54) is 0 Å². The lowest BCUT2D eigenvalue weighted by Crippen LogP contribution is -2.58. The summed E-state index contributed by atoms with van der Waals surface area (Å²) in [4.78, 5) is 40.5. The molecule has 8 nitrogen and oxygen atoms in total. The van der Waals surface area contributed by atoms with E-state index in [0.29, 0.717) is 19.6 Å². The largest absolute Gasteiger partial charge is 0.464 e. The molecule has 2 aliphatic heterocycles. The van der Waals surface area contributed by atoms with Crippen LogP contribution < -0.4 is 0 Å². The highest BCUT2D eigenvalue weighted by Crippen LogP contribution is 2.49. The van der Waals surface area contributed by atoms with Gasteiger partial charge in [0.1, 0.15) is 11.1 Å². The molecule has 2 rings (SSSR count). The Morgan fingerprint density at radius 2 is 1.76 bits per heavy atom. The number of hydroxylamine groups is 2. The molecule has 0 aromatic heterocycles. The molecule has 0 N–H and O–H groups in total. The van der Waals surface area contributed by atoms with Crippen molar-refractivity contribution >= 4 is 27.0 Å². The normalized spacial score (nSPS) is 26.8. The number of hydrogen-bond acceptors (Lipinski definition) is 7. The Labute approximate surface area is 201 Å². The number of likely N-dealkylation sites (tertiary alicyclic amines) is 1. The van der Waals surface area contributed by atoms with E-state index in [1.54, 1.807) is 20.8 Å². The molecular weight excluding hydrogens is 440 g/mol. The number of hydrogen-bond donors (Lipinski definition) is 0. The number of esters is 1. The first kappa shape index (κ1) is 27.8. The Morgan fingerprint density at radius 1 is 1.12 bits per heavy atom. The van der Waals surface area contributed by atoms with Gasteiger partial charge in [-0.1, -0.05) is 34.1 Å². The minimum Gasteiger partial charge on any atom is -0.464 e. The second-order valence-electron chi connectivity index (χ2n) is 11.8. The highest BCUT2D eigenvalue weighted by molar-refractivity contribution is 6.48. The van der Waals surface area contributed by atoms with E-state index in [0.717, 1.165) is 17.7 Å². The second-order valence-corrected chi connectivity index (χ2v) is 14.1. The van der Waals surface area contributed by atoms with Gasteiger partial charge in [0.05, 0.1) is 6.61 Å². The molecule has 0 aliphatic carbocycles. The molecule has 190 valence electrons. The maximum atomic E-state index is 13.7. The van der Waals surface area contributed by atoms with E-state index in [9.17, 15) is 14.4 Å². The van der Waals surface area contributed by atoms with Crippen molar-refractivity contribution in [1.82, 2.24) is 9.96 Å². The van der Waals surface area contributed by atoms with E-state index in [-0.39, 0.29) is 36.2 Å². The van der Waals surface area contributed by atoms with Gasteiger partial charge in [-0.3, -0.25) is 4.79 Å². The van der Waals surface area contributed by atoms with Crippen molar-refractivity contribution in [3.63, 3.8) is 0 Å². The van der Waals surface area contributed by atoms with E-state index >= 15 is 0 Å². The maximum Gasteiger partial charge on any atom is 0.417 e. The number of unbranched alkanes of at least 4 members (excludes halogenated alkanes) is 1. The maximum absolute atomic E-state index is 13.7. The average Bonchev–Trinajstić information content (AvgIpc) is 3.21. The van der Waals surface area contributed by atoms with Crippen LogP contribution in [0.1, 0.15) is 74.1 Å². The number of imide groups is 1. The molecule has 3 atom stereocenters. The third kappa shape index (κ3) is 6.57. The Balaban J connectivity index is 2.43. The molecule has 2 heterocycles. The van der Waals surface area contributed by atoms with Crippen molar-refractivity contribution in [2.45, 2.75) is 98.4 Å². The van der Waals surface area contributed by atoms with Crippen LogP contribution in [0.3, 0.4) is 0 Å². The summed E-state index contributed by atoms with van der Waals surface area (Å²) in [5.41, 5.74) is -1.87. The summed E-state index contributed by atoms with van der Waals surface area (Å²) in [6, 6.07) is 0. The molecule has 2 aliphatic rings. The van der Waals surface area contributed by atoms with Gasteiger partial charge in [0.25, 0.3) is 0 Å². The minimum atomic E-state index is -1.56. The first-order valence-corrected chi connectivity index (χ1v) is 15.0. The summed E-state index contributed by atoms with van der Waals surface area (Å²) < 4.78 is 17.6. The summed E-state index contributed by atoms with van der Waals surface area (Å²) in [5, 5.41) is 1.82. The van der Waals surface area contributed by atoms with Gasteiger partial charge < -0.3 is 14.0 Å². The van der Waals surface area contributed by atoms with Gasteiger partial charge in [0.15, 0.2) is 9.04 Å². The average molecular weight is 485 g/mol. The van der Waals surface area contributed by atoms with Crippen molar-refractivity contribution in [3.8, 4) is 0 Å². The van der Waals surface area contributed by atoms with Crippen LogP contribution in [-0.2, 0) is 23.6 Å². The molecule has 0 radical (unpaired) electrons. The van der Waals surface area contributed by atoms with E-state index in [2.05, 4.69) is 33.9 Å². The predicted molar refractivity (Wildman–Crippen MR) is 129 cm³/mol. The molecule has 2 amide bonds. The number of ether oxygens (including phenoxy) is 2. The van der Waals surface area contributed by atoms with Crippen molar-refractivity contribution < 1.29 is 28.4 Å². The molecule has 2 fully saturated rings. The van der Waals surface area contributed by atoms with Crippen LogP contribution in [-0.4, -0.2) is 67.8 Å². The summed E-state index contributed by atoms with van der Waals surface area (Å²) in [6.07, 6.45) is 1.64. The molecule has 2 saturated heterocycles. The Kier molecular flexibility index (Phi) is 8.79. The van der Waals surface area contributed by atoms with Crippen molar-refractivity contribution in [3.05, 3.63) is 0 Å². The van der Waals surface area contributed by atoms with Crippen molar-refractivity contribution in [2.24, 2.45) is 17.3 Å². The lowest BCUT2D eigenvalue weighted by atomic mass is 9.73. The van der Waals surface area contributed by atoms with Crippen LogP contribution >= 0.6 is 0 Å². The van der Waals surface area contributed by atoms with Gasteiger partial charge in [0.2, 0.25) is 5.91 Å². The van der Waals surface area contributed by atoms with Gasteiger partial charge in [-0.2, -0.15) is 5.06 Å². The molecule has 0 spiro atoms. The molecule has 0 aromatic rings. The molecule has 9 heteroatoms. The first-order valence-electron chi connectivity index (χ1n) is 12.3. The Bertz CT molecular complexity index is 729. The van der Waals surface area contributed by atoms with Gasteiger partial charge in [-0.05, 0) is 58.0 Å². The Hall–Kier alpha value is -1.45. The molecular formula is C24H44N2O6Si. The van der Waals surface area contributed by atoms with Crippen molar-refractivity contribution in [2.75, 3.05) is 19.7 Å². The standard InChI is InChI=1S/C24H44N2O6Si/c1-10-11-12-30-20(28)24(14-18(22(2,3)4)16-26(24)32-33(8)9)17-13-19(27)25(15-17)21(29)31-23(5,6)7/h17-18,33H,10-16H2,1-9H3. The SMILES string of the molecule is CCCCOC(=O)C1(C2CC(=O)N(C(=O)OC(C)(C)C)C2)CC(C(C)(C)C)CN1O[SiH](C)C. The number of amides is 2. The zero-order valence-corrected chi connectivity index (χ0v) is 23.2. The number of nitrogens with zero attached hydrogens (tertiary/aromatic N) is 2. The van der Waals surface area contributed by atoms with Gasteiger partial charge in [0, 0.05) is 25.4 Å². The summed E-state index contributed by atoms with van der Waals surface area (Å²) in [7, 11) is -1.56. The second kappa shape index (κ2) is 10.4. The lowest BCUT2D eigenvalue weighted by Gasteiger charge is -2.40. The number of carbonyl (C=O) groups excluding carboxylic acids is 3.